The van der Waals surface area contributed by atoms with Crippen molar-refractivity contribution in [3.8, 4) is 0 Å². The Balaban J connectivity index is 1.34. The van der Waals surface area contributed by atoms with E-state index in [1.165, 1.54) is 6.07 Å². The van der Waals surface area contributed by atoms with E-state index in [4.69, 9.17) is 0 Å². The van der Waals surface area contributed by atoms with Crippen molar-refractivity contribution < 1.29 is 9.18 Å². The molecular weight excluding hydrogens is 329 g/mol. The molecule has 1 unspecified atom stereocenters. The molecule has 1 amide bonds. The lowest BCUT2D eigenvalue weighted by molar-refractivity contribution is -0.137. The first kappa shape index (κ1) is 17.9. The second kappa shape index (κ2) is 8.05. The van der Waals surface area contributed by atoms with Gasteiger partial charge in [-0.25, -0.2) is 4.39 Å². The molecule has 3 heterocycles. The number of likely N-dealkylation sites (tertiary alicyclic amines) is 2. The van der Waals surface area contributed by atoms with Gasteiger partial charge >= 0.3 is 0 Å². The summed E-state index contributed by atoms with van der Waals surface area (Å²) in [5.41, 5.74) is 0.994. The number of benzene rings is 1. The predicted octanol–water partition coefficient (Wildman–Crippen LogP) is 2.50. The van der Waals surface area contributed by atoms with Crippen molar-refractivity contribution in [1.29, 1.82) is 0 Å². The molecule has 142 valence electrons. The average molecular weight is 359 g/mol. The number of hydrogen-bond acceptors (Lipinski definition) is 3. The minimum atomic E-state index is -0.184. The lowest BCUT2D eigenvalue weighted by atomic mass is 9.92. The van der Waals surface area contributed by atoms with Crippen molar-refractivity contribution >= 4 is 5.91 Å². The van der Waals surface area contributed by atoms with Gasteiger partial charge in [-0.2, -0.15) is 0 Å². The summed E-state index contributed by atoms with van der Waals surface area (Å²) in [5, 5.41) is 3.50. The van der Waals surface area contributed by atoms with Crippen LogP contribution in [-0.2, 0) is 11.3 Å². The molecule has 0 bridgehead atoms. The third-order valence-corrected chi connectivity index (χ3v) is 6.48. The van der Waals surface area contributed by atoms with Crippen molar-refractivity contribution in [2.24, 2.45) is 17.8 Å². The quantitative estimate of drug-likeness (QED) is 0.901. The molecule has 1 aromatic rings. The van der Waals surface area contributed by atoms with E-state index >= 15 is 0 Å². The van der Waals surface area contributed by atoms with Crippen molar-refractivity contribution in [3.05, 3.63) is 35.6 Å². The van der Waals surface area contributed by atoms with Crippen molar-refractivity contribution in [3.63, 3.8) is 0 Å². The highest BCUT2D eigenvalue weighted by atomic mass is 19.1. The number of nitrogens with zero attached hydrogens (tertiary/aromatic N) is 2. The number of nitrogens with one attached hydrogen (secondary N) is 1. The largest absolute Gasteiger partial charge is 0.342 e. The van der Waals surface area contributed by atoms with Crippen molar-refractivity contribution in [2.45, 2.75) is 32.2 Å². The van der Waals surface area contributed by atoms with Gasteiger partial charge in [-0.3, -0.25) is 9.69 Å². The summed E-state index contributed by atoms with van der Waals surface area (Å²) in [6, 6.07) is 6.82. The standard InChI is InChI=1S/C21H30FN3O/c22-20-5-1-3-16(11-20)14-24-8-2-4-19(15-24)21(26)25-9-6-17-12-23-13-18(17)7-10-25/h1,3,5,11,17-19,23H,2,4,6-10,12-15H2/t17-,18+,19?. The maximum Gasteiger partial charge on any atom is 0.226 e. The summed E-state index contributed by atoms with van der Waals surface area (Å²) in [5.74, 6) is 1.78. The summed E-state index contributed by atoms with van der Waals surface area (Å²) in [6.45, 7) is 6.62. The zero-order chi connectivity index (χ0) is 17.9. The number of halogens is 1. The molecule has 5 heteroatoms. The maximum absolute atomic E-state index is 13.4. The van der Waals surface area contributed by atoms with Gasteiger partial charge in [0.2, 0.25) is 5.91 Å². The fourth-order valence-corrected chi connectivity index (χ4v) is 4.99. The van der Waals surface area contributed by atoms with Gasteiger partial charge in [0.15, 0.2) is 0 Å². The van der Waals surface area contributed by atoms with Crippen LogP contribution in [-0.4, -0.2) is 55.0 Å². The van der Waals surface area contributed by atoms with Crippen LogP contribution in [0.15, 0.2) is 24.3 Å². The Hall–Kier alpha value is -1.46. The number of amides is 1. The van der Waals surface area contributed by atoms with E-state index in [1.54, 1.807) is 12.1 Å². The van der Waals surface area contributed by atoms with Crippen LogP contribution < -0.4 is 5.32 Å². The van der Waals surface area contributed by atoms with Crippen molar-refractivity contribution in [1.82, 2.24) is 15.1 Å². The summed E-state index contributed by atoms with van der Waals surface area (Å²) < 4.78 is 13.4. The molecule has 4 rings (SSSR count). The SMILES string of the molecule is O=C(C1CCCN(Cc2cccc(F)c2)C1)N1CC[C@@H]2CNC[C@@H]2CC1. The Morgan fingerprint density at radius 1 is 1.12 bits per heavy atom. The molecule has 4 nitrogen and oxygen atoms in total. The fraction of sp³-hybridized carbons (Fsp3) is 0.667. The van der Waals surface area contributed by atoms with Crippen LogP contribution in [0.3, 0.4) is 0 Å². The van der Waals surface area contributed by atoms with E-state index in [1.807, 2.05) is 6.07 Å². The van der Waals surface area contributed by atoms with E-state index in [0.717, 1.165) is 88.9 Å². The minimum absolute atomic E-state index is 0.105. The molecule has 0 aromatic heterocycles. The monoisotopic (exact) mass is 359 g/mol. The van der Waals surface area contributed by atoms with Gasteiger partial charge < -0.3 is 10.2 Å². The first-order valence-corrected chi connectivity index (χ1v) is 10.2. The highest BCUT2D eigenvalue weighted by Crippen LogP contribution is 2.29. The zero-order valence-electron chi connectivity index (χ0n) is 15.5. The van der Waals surface area contributed by atoms with Gasteiger partial charge in [0, 0.05) is 26.2 Å². The fourth-order valence-electron chi connectivity index (χ4n) is 4.99. The lowest BCUT2D eigenvalue weighted by Gasteiger charge is -2.35. The van der Waals surface area contributed by atoms with Gasteiger partial charge in [-0.05, 0) is 74.8 Å². The molecule has 3 atom stereocenters. The van der Waals surface area contributed by atoms with E-state index in [2.05, 4.69) is 15.1 Å². The Bertz CT molecular complexity index is 623. The van der Waals surface area contributed by atoms with E-state index in [-0.39, 0.29) is 11.7 Å². The smallest absolute Gasteiger partial charge is 0.226 e. The molecular formula is C21H30FN3O. The van der Waals surface area contributed by atoms with Crippen LogP contribution in [0, 0.1) is 23.6 Å². The molecule has 3 fully saturated rings. The Labute approximate surface area is 155 Å². The van der Waals surface area contributed by atoms with E-state index in [0.29, 0.717) is 5.91 Å². The summed E-state index contributed by atoms with van der Waals surface area (Å²) >= 11 is 0. The summed E-state index contributed by atoms with van der Waals surface area (Å²) in [7, 11) is 0. The predicted molar refractivity (Wildman–Crippen MR) is 100 cm³/mol. The number of carbonyl (C=O) groups excluding carboxylic acids is 1. The topological polar surface area (TPSA) is 35.6 Å². The molecule has 1 aromatic carbocycles. The molecule has 0 radical (unpaired) electrons. The molecule has 1 N–H and O–H groups in total. The minimum Gasteiger partial charge on any atom is -0.342 e. The molecule has 3 aliphatic heterocycles. The Kier molecular flexibility index (Phi) is 5.55. The summed E-state index contributed by atoms with van der Waals surface area (Å²) in [4.78, 5) is 17.6. The van der Waals surface area contributed by atoms with Crippen molar-refractivity contribution in [2.75, 3.05) is 39.3 Å². The maximum atomic E-state index is 13.4. The van der Waals surface area contributed by atoms with Crippen LogP contribution in [0.5, 0.6) is 0 Å². The van der Waals surface area contributed by atoms with Gasteiger partial charge in [-0.1, -0.05) is 12.1 Å². The van der Waals surface area contributed by atoms with Crippen LogP contribution in [0.4, 0.5) is 4.39 Å². The highest BCUT2D eigenvalue weighted by molar-refractivity contribution is 5.79. The van der Waals surface area contributed by atoms with Crippen LogP contribution in [0.25, 0.3) is 0 Å². The normalized spacial score (nSPS) is 30.0. The van der Waals surface area contributed by atoms with E-state index < -0.39 is 0 Å². The molecule has 0 aliphatic carbocycles. The van der Waals surface area contributed by atoms with Crippen LogP contribution in [0.2, 0.25) is 0 Å². The second-order valence-electron chi connectivity index (χ2n) is 8.29. The lowest BCUT2D eigenvalue weighted by Crippen LogP contribution is -2.45. The Morgan fingerprint density at radius 3 is 2.62 bits per heavy atom. The third kappa shape index (κ3) is 4.09. The number of piperidine rings is 1. The molecule has 0 saturated carbocycles. The highest BCUT2D eigenvalue weighted by Gasteiger charge is 2.34. The zero-order valence-corrected chi connectivity index (χ0v) is 15.5. The molecule has 0 spiro atoms. The average Bonchev–Trinajstić information content (AvgIpc) is 3.00. The summed E-state index contributed by atoms with van der Waals surface area (Å²) in [6.07, 6.45) is 4.32. The Morgan fingerprint density at radius 2 is 1.88 bits per heavy atom. The molecule has 3 aliphatic rings. The van der Waals surface area contributed by atoms with Crippen LogP contribution in [0.1, 0.15) is 31.2 Å². The number of rotatable bonds is 3. The second-order valence-corrected chi connectivity index (χ2v) is 8.29. The first-order chi connectivity index (χ1) is 12.7. The third-order valence-electron chi connectivity index (χ3n) is 6.48. The van der Waals surface area contributed by atoms with E-state index in [9.17, 15) is 9.18 Å². The number of carbonyl (C=O) groups is 1. The first-order valence-electron chi connectivity index (χ1n) is 10.2. The van der Waals surface area contributed by atoms with Gasteiger partial charge in [0.1, 0.15) is 5.82 Å². The molecule has 26 heavy (non-hydrogen) atoms. The van der Waals surface area contributed by atoms with Gasteiger partial charge in [0.25, 0.3) is 0 Å². The van der Waals surface area contributed by atoms with Gasteiger partial charge in [0.05, 0.1) is 5.92 Å². The van der Waals surface area contributed by atoms with Crippen LogP contribution >= 0.6 is 0 Å². The number of hydrogen-bond donors (Lipinski definition) is 1. The number of fused-ring (bicyclic) bond motifs is 1. The molecule has 3 saturated heterocycles. The van der Waals surface area contributed by atoms with Gasteiger partial charge in [-0.15, -0.1) is 0 Å².